The minimum atomic E-state index is -0.383. The average Bonchev–Trinajstić information content (AvgIpc) is 2.88. The molecule has 0 aromatic heterocycles. The molecule has 26 heavy (non-hydrogen) atoms. The van der Waals surface area contributed by atoms with Crippen LogP contribution in [0.5, 0.6) is 0 Å². The van der Waals surface area contributed by atoms with E-state index >= 15 is 0 Å². The number of amides is 2. The number of nitrogens with zero attached hydrogens (tertiary/aromatic N) is 3. The Hall–Kier alpha value is -1.18. The molecule has 2 amide bonds. The lowest BCUT2D eigenvalue weighted by Gasteiger charge is -2.39. The third kappa shape index (κ3) is 5.18. The number of methoxy groups -OCH3 is 1. The Labute approximate surface area is 158 Å². The molecule has 2 aliphatic heterocycles. The van der Waals surface area contributed by atoms with Gasteiger partial charge in [-0.3, -0.25) is 14.5 Å². The van der Waals surface area contributed by atoms with Crippen LogP contribution in [-0.4, -0.2) is 99.1 Å². The van der Waals surface area contributed by atoms with Gasteiger partial charge in [0.15, 0.2) is 0 Å². The highest BCUT2D eigenvalue weighted by Gasteiger charge is 2.42. The summed E-state index contributed by atoms with van der Waals surface area (Å²) >= 11 is 0. The molecular formula is C19H36N4O3. The molecule has 2 saturated heterocycles. The first-order chi connectivity index (χ1) is 12.6. The predicted octanol–water partition coefficient (Wildman–Crippen LogP) is 0.405. The molecule has 2 rings (SSSR count). The monoisotopic (exact) mass is 368 g/mol. The molecule has 0 spiro atoms. The van der Waals surface area contributed by atoms with E-state index in [2.05, 4.69) is 10.2 Å². The zero-order valence-corrected chi connectivity index (χ0v) is 16.8. The van der Waals surface area contributed by atoms with E-state index in [4.69, 9.17) is 4.74 Å². The van der Waals surface area contributed by atoms with Gasteiger partial charge in [0.2, 0.25) is 11.8 Å². The van der Waals surface area contributed by atoms with Crippen molar-refractivity contribution in [2.24, 2.45) is 5.41 Å². The fourth-order valence-electron chi connectivity index (χ4n) is 4.14. The lowest BCUT2D eigenvalue weighted by Crippen LogP contribution is -2.52. The summed E-state index contributed by atoms with van der Waals surface area (Å²) < 4.78 is 5.42. The van der Waals surface area contributed by atoms with Gasteiger partial charge in [-0.1, -0.05) is 0 Å². The van der Waals surface area contributed by atoms with E-state index in [1.807, 2.05) is 23.6 Å². The quantitative estimate of drug-likeness (QED) is 0.705. The molecule has 0 aromatic rings. The van der Waals surface area contributed by atoms with E-state index in [1.54, 1.807) is 7.11 Å². The Balaban J connectivity index is 1.94. The van der Waals surface area contributed by atoms with Crippen LogP contribution in [0.2, 0.25) is 0 Å². The predicted molar refractivity (Wildman–Crippen MR) is 102 cm³/mol. The molecule has 0 aliphatic carbocycles. The lowest BCUT2D eigenvalue weighted by atomic mass is 9.78. The zero-order chi connectivity index (χ0) is 19.0. The van der Waals surface area contributed by atoms with Crippen LogP contribution in [0.4, 0.5) is 0 Å². The summed E-state index contributed by atoms with van der Waals surface area (Å²) in [6, 6.07) is 0. The van der Waals surface area contributed by atoms with Crippen molar-refractivity contribution in [3.63, 3.8) is 0 Å². The van der Waals surface area contributed by atoms with Crippen LogP contribution in [0.25, 0.3) is 0 Å². The molecule has 0 unspecified atom stereocenters. The van der Waals surface area contributed by atoms with Gasteiger partial charge in [-0.15, -0.1) is 0 Å². The van der Waals surface area contributed by atoms with Gasteiger partial charge < -0.3 is 19.9 Å². The molecule has 2 fully saturated rings. The summed E-state index contributed by atoms with van der Waals surface area (Å²) in [5.74, 6) is 0.418. The molecule has 0 radical (unpaired) electrons. The highest BCUT2D eigenvalue weighted by Crippen LogP contribution is 2.32. The van der Waals surface area contributed by atoms with Crippen molar-refractivity contribution in [2.45, 2.75) is 33.1 Å². The maximum absolute atomic E-state index is 13.3. The number of carbonyl (C=O) groups excluding carboxylic acids is 2. The van der Waals surface area contributed by atoms with Gasteiger partial charge in [0.1, 0.15) is 0 Å². The van der Waals surface area contributed by atoms with E-state index in [-0.39, 0.29) is 17.2 Å². The number of hydrogen-bond acceptors (Lipinski definition) is 5. The topological polar surface area (TPSA) is 65.1 Å². The van der Waals surface area contributed by atoms with Gasteiger partial charge in [0, 0.05) is 46.4 Å². The molecule has 2 heterocycles. The normalized spacial score (nSPS) is 21.3. The van der Waals surface area contributed by atoms with Crippen LogP contribution < -0.4 is 5.32 Å². The fraction of sp³-hybridized carbons (Fsp3) is 0.895. The van der Waals surface area contributed by atoms with Crippen molar-refractivity contribution in [2.75, 3.05) is 72.6 Å². The Morgan fingerprint density at radius 1 is 1.08 bits per heavy atom. The second-order valence-electron chi connectivity index (χ2n) is 7.45. The summed E-state index contributed by atoms with van der Waals surface area (Å²) in [5.41, 5.74) is -0.383. The highest BCUT2D eigenvalue weighted by atomic mass is 16.5. The zero-order valence-electron chi connectivity index (χ0n) is 16.8. The molecule has 0 saturated carbocycles. The van der Waals surface area contributed by atoms with E-state index in [0.29, 0.717) is 19.7 Å². The SMILES string of the molecule is CCN(CC)C(=O)CN1CCCN(C(=O)C2(COC)CCNCC2)CC1. The first-order valence-electron chi connectivity index (χ1n) is 10.1. The second-order valence-corrected chi connectivity index (χ2v) is 7.45. The van der Waals surface area contributed by atoms with E-state index in [1.165, 1.54) is 0 Å². The Bertz CT molecular complexity index is 456. The van der Waals surface area contributed by atoms with Crippen molar-refractivity contribution in [1.29, 1.82) is 0 Å². The van der Waals surface area contributed by atoms with Crippen LogP contribution in [0.3, 0.4) is 0 Å². The van der Waals surface area contributed by atoms with Gasteiger partial charge in [-0.2, -0.15) is 0 Å². The fourth-order valence-corrected chi connectivity index (χ4v) is 4.14. The van der Waals surface area contributed by atoms with Crippen molar-refractivity contribution in [3.8, 4) is 0 Å². The molecule has 0 atom stereocenters. The third-order valence-corrected chi connectivity index (χ3v) is 5.79. The van der Waals surface area contributed by atoms with Gasteiger partial charge in [0.05, 0.1) is 18.6 Å². The van der Waals surface area contributed by atoms with Gasteiger partial charge >= 0.3 is 0 Å². The number of rotatable bonds is 7. The molecule has 2 aliphatic rings. The van der Waals surface area contributed by atoms with Crippen molar-refractivity contribution in [3.05, 3.63) is 0 Å². The standard InChI is InChI=1S/C19H36N4O3/c1-4-22(5-2)17(24)15-21-11-6-12-23(14-13-21)18(25)19(16-26-3)7-9-20-10-8-19/h20H,4-16H2,1-3H3. The lowest BCUT2D eigenvalue weighted by molar-refractivity contribution is -0.147. The Morgan fingerprint density at radius 2 is 1.77 bits per heavy atom. The Kier molecular flexibility index (Phi) is 8.31. The molecule has 7 heteroatoms. The minimum absolute atomic E-state index is 0.184. The summed E-state index contributed by atoms with van der Waals surface area (Å²) in [7, 11) is 1.68. The number of ether oxygens (including phenoxy) is 1. The van der Waals surface area contributed by atoms with Gasteiger partial charge in [-0.05, 0) is 46.2 Å². The van der Waals surface area contributed by atoms with Crippen LogP contribution >= 0.6 is 0 Å². The first kappa shape index (κ1) is 21.1. The molecular weight excluding hydrogens is 332 g/mol. The highest BCUT2D eigenvalue weighted by molar-refractivity contribution is 5.83. The van der Waals surface area contributed by atoms with E-state index in [0.717, 1.165) is 65.1 Å². The van der Waals surface area contributed by atoms with Gasteiger partial charge in [-0.25, -0.2) is 0 Å². The number of carbonyl (C=O) groups is 2. The number of likely N-dealkylation sites (N-methyl/N-ethyl adjacent to an activating group) is 1. The third-order valence-electron chi connectivity index (χ3n) is 5.79. The van der Waals surface area contributed by atoms with Crippen molar-refractivity contribution >= 4 is 11.8 Å². The molecule has 0 aromatic carbocycles. The maximum atomic E-state index is 13.3. The van der Waals surface area contributed by atoms with Crippen molar-refractivity contribution in [1.82, 2.24) is 20.0 Å². The summed E-state index contributed by atoms with van der Waals surface area (Å²) in [6.45, 7) is 11.3. The van der Waals surface area contributed by atoms with E-state index < -0.39 is 0 Å². The largest absolute Gasteiger partial charge is 0.384 e. The number of hydrogen-bond donors (Lipinski definition) is 1. The smallest absolute Gasteiger partial charge is 0.236 e. The average molecular weight is 369 g/mol. The first-order valence-corrected chi connectivity index (χ1v) is 10.1. The number of nitrogens with one attached hydrogen (secondary N) is 1. The second kappa shape index (κ2) is 10.2. The number of piperidine rings is 1. The minimum Gasteiger partial charge on any atom is -0.384 e. The molecule has 1 N–H and O–H groups in total. The van der Waals surface area contributed by atoms with Crippen LogP contribution in [0.1, 0.15) is 33.1 Å². The van der Waals surface area contributed by atoms with Crippen LogP contribution in [0, 0.1) is 5.41 Å². The van der Waals surface area contributed by atoms with Gasteiger partial charge in [0.25, 0.3) is 0 Å². The van der Waals surface area contributed by atoms with Crippen LogP contribution in [0.15, 0.2) is 0 Å². The summed E-state index contributed by atoms with van der Waals surface area (Å²) in [6.07, 6.45) is 2.58. The Morgan fingerprint density at radius 3 is 2.38 bits per heavy atom. The molecule has 7 nitrogen and oxygen atoms in total. The molecule has 150 valence electrons. The van der Waals surface area contributed by atoms with E-state index in [9.17, 15) is 9.59 Å². The summed E-state index contributed by atoms with van der Waals surface area (Å²) in [4.78, 5) is 31.7. The van der Waals surface area contributed by atoms with Crippen LogP contribution in [-0.2, 0) is 14.3 Å². The summed E-state index contributed by atoms with van der Waals surface area (Å²) in [5, 5.41) is 3.34. The maximum Gasteiger partial charge on any atom is 0.236 e. The molecule has 0 bridgehead atoms. The van der Waals surface area contributed by atoms with Crippen molar-refractivity contribution < 1.29 is 14.3 Å².